The normalized spacial score (nSPS) is 12.3. The highest BCUT2D eigenvalue weighted by molar-refractivity contribution is 7.98. The number of thioether (sulfide) groups is 1. The van der Waals surface area contributed by atoms with Crippen LogP contribution in [-0.4, -0.2) is 60.3 Å². The first-order valence-electron chi connectivity index (χ1n) is 9.59. The summed E-state index contributed by atoms with van der Waals surface area (Å²) in [6.07, 6.45) is -3.06. The molecule has 178 valence electrons. The summed E-state index contributed by atoms with van der Waals surface area (Å²) in [4.78, 5) is 23.1. The number of halogens is 3. The number of carbonyl (C=O) groups is 1. The van der Waals surface area contributed by atoms with Crippen LogP contribution in [0.25, 0.3) is 0 Å². The van der Waals surface area contributed by atoms with Crippen LogP contribution >= 0.6 is 11.8 Å². The lowest BCUT2D eigenvalue weighted by molar-refractivity contribution is -0.137. The first-order valence-corrected chi connectivity index (χ1v) is 10.8. The van der Waals surface area contributed by atoms with E-state index in [1.54, 1.807) is 20.4 Å². The van der Waals surface area contributed by atoms with Gasteiger partial charge in [-0.3, -0.25) is 4.79 Å². The predicted molar refractivity (Wildman–Crippen MR) is 119 cm³/mol. The number of anilines is 3. The molecule has 13 heteroatoms. The number of carbonyl (C=O) groups excluding carboxylic acids is 1. The molecular formula is C20H24F3N7O2S. The van der Waals surface area contributed by atoms with E-state index >= 15 is 0 Å². The van der Waals surface area contributed by atoms with Crippen molar-refractivity contribution >= 4 is 35.1 Å². The van der Waals surface area contributed by atoms with Crippen LogP contribution < -0.4 is 21.1 Å². The minimum Gasteiger partial charge on any atom is -0.492 e. The number of likely N-dealkylation sites (N-methyl/N-ethyl adjacent to an activating group) is 1. The number of hydrogen-bond acceptors (Lipinski definition) is 9. The summed E-state index contributed by atoms with van der Waals surface area (Å²) in [5.41, 5.74) is 10.1. The Labute approximate surface area is 193 Å². The Hall–Kier alpha value is -3.24. The number of nitriles is 1. The lowest BCUT2D eigenvalue weighted by Crippen LogP contribution is -2.41. The molecule has 0 unspecified atom stereocenters. The van der Waals surface area contributed by atoms with E-state index in [9.17, 15) is 23.2 Å². The molecule has 1 atom stereocenters. The number of rotatable bonds is 9. The molecule has 2 rings (SSSR count). The second kappa shape index (κ2) is 10.6. The summed E-state index contributed by atoms with van der Waals surface area (Å²) < 4.78 is 46.6. The third kappa shape index (κ3) is 6.39. The second-order valence-electron chi connectivity index (χ2n) is 7.21. The van der Waals surface area contributed by atoms with Crippen molar-refractivity contribution in [1.82, 2.24) is 14.9 Å². The van der Waals surface area contributed by atoms with Crippen molar-refractivity contribution in [3.05, 3.63) is 29.3 Å². The lowest BCUT2D eigenvalue weighted by atomic mass is 10.1. The molecule has 33 heavy (non-hydrogen) atoms. The molecule has 0 aliphatic rings. The maximum atomic E-state index is 13.7. The largest absolute Gasteiger partial charge is 0.492 e. The number of amides is 1. The summed E-state index contributed by atoms with van der Waals surface area (Å²) >= 11 is 1.10. The molecule has 0 fully saturated rings. The lowest BCUT2D eigenvalue weighted by Gasteiger charge is -2.30. The number of ether oxygens (including phenoxy) is 1. The molecule has 1 amide bonds. The molecule has 4 N–H and O–H groups in total. The van der Waals surface area contributed by atoms with Gasteiger partial charge in [-0.1, -0.05) is 0 Å². The van der Waals surface area contributed by atoms with Crippen LogP contribution in [0.15, 0.2) is 23.2 Å². The van der Waals surface area contributed by atoms with E-state index in [1.165, 1.54) is 13.0 Å². The van der Waals surface area contributed by atoms with Gasteiger partial charge in [0.25, 0.3) is 0 Å². The minimum atomic E-state index is -4.70. The zero-order chi connectivity index (χ0) is 24.9. The molecular weight excluding hydrogens is 459 g/mol. The highest BCUT2D eigenvalue weighted by Gasteiger charge is 2.34. The van der Waals surface area contributed by atoms with Crippen molar-refractivity contribution in [3.63, 3.8) is 0 Å². The van der Waals surface area contributed by atoms with Crippen molar-refractivity contribution in [3.8, 4) is 11.8 Å². The van der Waals surface area contributed by atoms with Crippen molar-refractivity contribution in [2.24, 2.45) is 5.73 Å². The van der Waals surface area contributed by atoms with E-state index in [1.807, 2.05) is 11.0 Å². The van der Waals surface area contributed by atoms with Crippen LogP contribution in [0.3, 0.4) is 0 Å². The van der Waals surface area contributed by atoms with Crippen molar-refractivity contribution in [1.29, 1.82) is 5.26 Å². The highest BCUT2D eigenvalue weighted by atomic mass is 32.2. The Balaban J connectivity index is 2.77. The third-order valence-electron chi connectivity index (χ3n) is 4.51. The average molecular weight is 484 g/mol. The molecule has 0 aliphatic carbocycles. The van der Waals surface area contributed by atoms with Crippen LogP contribution in [-0.2, 0) is 11.0 Å². The van der Waals surface area contributed by atoms with Crippen LogP contribution in [0.2, 0.25) is 0 Å². The Bertz CT molecular complexity index is 1060. The molecule has 1 aromatic carbocycles. The fourth-order valence-electron chi connectivity index (χ4n) is 2.84. The zero-order valence-electron chi connectivity index (χ0n) is 18.5. The molecule has 0 spiro atoms. The maximum absolute atomic E-state index is 13.7. The van der Waals surface area contributed by atoms with E-state index in [2.05, 4.69) is 9.97 Å². The SMILES string of the molecule is CSc1nc(N)nc(N(c2cc(OCCN(C)C)cc(C(F)(F)F)c2)[C@@H](C)C(N)=O)c1C#N. The number of nitrogen functional groups attached to an aromatic ring is 1. The van der Waals surface area contributed by atoms with E-state index in [0.29, 0.717) is 6.54 Å². The Kier molecular flexibility index (Phi) is 8.34. The standard InChI is InChI=1S/C20H24F3N7O2S/c1-11(16(25)31)30(17-15(10-24)18(33-4)28-19(26)27-17)13-7-12(20(21,22)23)8-14(9-13)32-6-5-29(2)3/h7-9,11H,5-6H2,1-4H3,(H2,25,31)(H2,26,27,28)/t11-/m0/s1. The van der Waals surface area contributed by atoms with E-state index in [4.69, 9.17) is 16.2 Å². The van der Waals surface area contributed by atoms with Crippen molar-refractivity contribution in [2.75, 3.05) is 44.1 Å². The van der Waals surface area contributed by atoms with Gasteiger partial charge >= 0.3 is 6.18 Å². The molecule has 9 nitrogen and oxygen atoms in total. The van der Waals surface area contributed by atoms with Gasteiger partial charge in [-0.15, -0.1) is 11.8 Å². The zero-order valence-corrected chi connectivity index (χ0v) is 19.3. The quantitative estimate of drug-likeness (QED) is 0.408. The van der Waals surface area contributed by atoms with E-state index in [-0.39, 0.29) is 40.4 Å². The molecule has 0 radical (unpaired) electrons. The number of hydrogen-bond donors (Lipinski definition) is 2. The number of alkyl halides is 3. The molecule has 1 aromatic heterocycles. The van der Waals surface area contributed by atoms with Gasteiger partial charge in [0.15, 0.2) is 5.82 Å². The Morgan fingerprint density at radius 3 is 2.48 bits per heavy atom. The minimum absolute atomic E-state index is 0.0581. The molecule has 0 aliphatic heterocycles. The Morgan fingerprint density at radius 2 is 1.97 bits per heavy atom. The van der Waals surface area contributed by atoms with Gasteiger partial charge in [-0.05, 0) is 39.4 Å². The number of nitrogens with two attached hydrogens (primary N) is 2. The second-order valence-corrected chi connectivity index (χ2v) is 8.01. The number of aromatic nitrogens is 2. The number of nitrogens with zero attached hydrogens (tertiary/aromatic N) is 5. The van der Waals surface area contributed by atoms with E-state index in [0.717, 1.165) is 28.8 Å². The summed E-state index contributed by atoms with van der Waals surface area (Å²) in [5, 5.41) is 9.91. The molecule has 1 heterocycles. The van der Waals surface area contributed by atoms with Gasteiger partial charge < -0.3 is 26.0 Å². The Morgan fingerprint density at radius 1 is 1.30 bits per heavy atom. The average Bonchev–Trinajstić information content (AvgIpc) is 2.72. The van der Waals surface area contributed by atoms with Gasteiger partial charge in [0.2, 0.25) is 11.9 Å². The van der Waals surface area contributed by atoms with Gasteiger partial charge in [-0.25, -0.2) is 4.98 Å². The fraction of sp³-hybridized carbons (Fsp3) is 0.400. The summed E-state index contributed by atoms with van der Waals surface area (Å²) in [6, 6.07) is 3.77. The third-order valence-corrected chi connectivity index (χ3v) is 5.19. The first-order chi connectivity index (χ1) is 15.4. The molecule has 2 aromatic rings. The monoisotopic (exact) mass is 483 g/mol. The smallest absolute Gasteiger partial charge is 0.416 e. The van der Waals surface area contributed by atoms with Gasteiger partial charge in [0.1, 0.15) is 35.1 Å². The molecule has 0 saturated carbocycles. The van der Waals surface area contributed by atoms with Gasteiger partial charge in [0.05, 0.1) is 5.56 Å². The topological polar surface area (TPSA) is 134 Å². The van der Waals surface area contributed by atoms with Crippen LogP contribution in [0, 0.1) is 11.3 Å². The van der Waals surface area contributed by atoms with Crippen LogP contribution in [0.1, 0.15) is 18.1 Å². The van der Waals surface area contributed by atoms with Gasteiger partial charge in [0, 0.05) is 18.3 Å². The summed E-state index contributed by atoms with van der Waals surface area (Å²) in [7, 11) is 3.59. The summed E-state index contributed by atoms with van der Waals surface area (Å²) in [6.45, 7) is 1.97. The fourth-order valence-corrected chi connectivity index (χ4v) is 3.36. The highest BCUT2D eigenvalue weighted by Crippen LogP contribution is 2.39. The number of benzene rings is 1. The van der Waals surface area contributed by atoms with Crippen LogP contribution in [0.4, 0.5) is 30.6 Å². The number of primary amides is 1. The van der Waals surface area contributed by atoms with Gasteiger partial charge in [-0.2, -0.15) is 23.4 Å². The van der Waals surface area contributed by atoms with E-state index < -0.39 is 23.7 Å². The maximum Gasteiger partial charge on any atom is 0.416 e. The van der Waals surface area contributed by atoms with Crippen LogP contribution in [0.5, 0.6) is 5.75 Å². The van der Waals surface area contributed by atoms with Crippen molar-refractivity contribution < 1.29 is 22.7 Å². The molecule has 0 bridgehead atoms. The predicted octanol–water partition coefficient (Wildman–Crippen LogP) is 2.62. The molecule has 0 saturated heterocycles. The van der Waals surface area contributed by atoms with Crippen molar-refractivity contribution in [2.45, 2.75) is 24.2 Å². The summed E-state index contributed by atoms with van der Waals surface area (Å²) in [5.74, 6) is -1.29. The first kappa shape index (κ1) is 26.0.